The van der Waals surface area contributed by atoms with Gasteiger partial charge in [0.2, 0.25) is 0 Å². The number of nitriles is 1. The molecule has 4 nitrogen and oxygen atoms in total. The van der Waals surface area contributed by atoms with Crippen LogP contribution in [0.3, 0.4) is 0 Å². The molecule has 8 heteroatoms. The standard InChI is InChI=1S/C20H29F3N2O2Si/c1-18(2,3)28(6,7)26-13-16-12-25(19(4,5)27-16)15-9-8-14(11-24)17(10-15)20(21,22)23/h8-10,16H,12-13H2,1-7H3/t16-/m0/s1. The number of alkyl halides is 3. The van der Waals surface area contributed by atoms with Crippen molar-refractivity contribution in [3.8, 4) is 6.07 Å². The van der Waals surface area contributed by atoms with Gasteiger partial charge >= 0.3 is 6.18 Å². The number of halogens is 3. The maximum absolute atomic E-state index is 13.3. The third-order valence-corrected chi connectivity index (χ3v) is 10.2. The lowest BCUT2D eigenvalue weighted by atomic mass is 10.1. The van der Waals surface area contributed by atoms with Crippen LogP contribution in [0, 0.1) is 11.3 Å². The van der Waals surface area contributed by atoms with Gasteiger partial charge in [-0.25, -0.2) is 0 Å². The SMILES string of the molecule is CC1(C)O[C@H](CO[Si](C)(C)C(C)(C)C)CN1c1ccc(C#N)c(C(F)(F)F)c1. The summed E-state index contributed by atoms with van der Waals surface area (Å²) in [6.07, 6.45) is -4.83. The molecule has 0 unspecified atom stereocenters. The highest BCUT2D eigenvalue weighted by Gasteiger charge is 2.43. The lowest BCUT2D eigenvalue weighted by Gasteiger charge is -2.36. The summed E-state index contributed by atoms with van der Waals surface area (Å²) in [5.74, 6) is 0. The molecule has 1 aliphatic rings. The van der Waals surface area contributed by atoms with E-state index in [0.717, 1.165) is 6.07 Å². The highest BCUT2D eigenvalue weighted by Crippen LogP contribution is 2.40. The molecule has 2 rings (SSSR count). The maximum Gasteiger partial charge on any atom is 0.417 e. The quantitative estimate of drug-likeness (QED) is 0.607. The monoisotopic (exact) mass is 414 g/mol. The van der Waals surface area contributed by atoms with Gasteiger partial charge in [0.05, 0.1) is 29.9 Å². The van der Waals surface area contributed by atoms with Gasteiger partial charge in [-0.2, -0.15) is 18.4 Å². The van der Waals surface area contributed by atoms with Crippen molar-refractivity contribution in [3.63, 3.8) is 0 Å². The highest BCUT2D eigenvalue weighted by molar-refractivity contribution is 6.74. The van der Waals surface area contributed by atoms with Crippen molar-refractivity contribution in [2.24, 2.45) is 0 Å². The first-order chi connectivity index (χ1) is 12.6. The van der Waals surface area contributed by atoms with E-state index in [-0.39, 0.29) is 16.7 Å². The van der Waals surface area contributed by atoms with Crippen molar-refractivity contribution in [3.05, 3.63) is 29.3 Å². The lowest BCUT2D eigenvalue weighted by molar-refractivity contribution is -0.137. The Bertz CT molecular complexity index is 764. The molecule has 1 saturated heterocycles. The number of hydrogen-bond acceptors (Lipinski definition) is 4. The smallest absolute Gasteiger partial charge is 0.414 e. The highest BCUT2D eigenvalue weighted by atomic mass is 28.4. The van der Waals surface area contributed by atoms with Gasteiger partial charge in [-0.3, -0.25) is 0 Å². The zero-order valence-electron chi connectivity index (χ0n) is 17.6. The van der Waals surface area contributed by atoms with Crippen LogP contribution >= 0.6 is 0 Å². The molecule has 1 fully saturated rings. The molecule has 1 heterocycles. The first-order valence-electron chi connectivity index (χ1n) is 9.29. The van der Waals surface area contributed by atoms with Gasteiger partial charge in [0, 0.05) is 12.2 Å². The topological polar surface area (TPSA) is 45.5 Å². The first-order valence-corrected chi connectivity index (χ1v) is 12.2. The minimum absolute atomic E-state index is 0.0650. The summed E-state index contributed by atoms with van der Waals surface area (Å²) in [6.45, 7) is 15.2. The van der Waals surface area contributed by atoms with Crippen molar-refractivity contribution in [1.29, 1.82) is 5.26 Å². The summed E-state index contributed by atoms with van der Waals surface area (Å²) in [5.41, 5.74) is -1.71. The van der Waals surface area contributed by atoms with Gasteiger partial charge < -0.3 is 14.1 Å². The van der Waals surface area contributed by atoms with E-state index in [1.165, 1.54) is 12.1 Å². The molecule has 28 heavy (non-hydrogen) atoms. The molecular formula is C20H29F3N2O2Si. The molecule has 0 aliphatic carbocycles. The molecule has 156 valence electrons. The molecule has 0 saturated carbocycles. The molecule has 0 N–H and O–H groups in total. The van der Waals surface area contributed by atoms with Crippen LogP contribution in [0.1, 0.15) is 45.7 Å². The van der Waals surface area contributed by atoms with Crippen LogP contribution in [0.4, 0.5) is 18.9 Å². The number of benzene rings is 1. The van der Waals surface area contributed by atoms with E-state index in [0.29, 0.717) is 18.8 Å². The van der Waals surface area contributed by atoms with Crippen LogP contribution in [0.5, 0.6) is 0 Å². The van der Waals surface area contributed by atoms with Crippen molar-refractivity contribution >= 4 is 14.0 Å². The van der Waals surface area contributed by atoms with Gasteiger partial charge in [0.15, 0.2) is 8.32 Å². The Labute approximate surface area is 166 Å². The van der Waals surface area contributed by atoms with Gasteiger partial charge in [0.1, 0.15) is 5.72 Å². The molecule has 1 atom stereocenters. The van der Waals surface area contributed by atoms with Crippen molar-refractivity contribution in [2.75, 3.05) is 18.1 Å². The van der Waals surface area contributed by atoms with E-state index in [9.17, 15) is 13.2 Å². The molecule has 0 radical (unpaired) electrons. The Morgan fingerprint density at radius 3 is 2.39 bits per heavy atom. The fraction of sp³-hybridized carbons (Fsp3) is 0.650. The Morgan fingerprint density at radius 2 is 1.89 bits per heavy atom. The largest absolute Gasteiger partial charge is 0.417 e. The number of rotatable bonds is 4. The zero-order valence-corrected chi connectivity index (χ0v) is 18.6. The Hall–Kier alpha value is -1.56. The minimum atomic E-state index is -4.59. The molecule has 1 aliphatic heterocycles. The number of nitrogens with zero attached hydrogens (tertiary/aromatic N) is 2. The molecule has 0 spiro atoms. The average Bonchev–Trinajstić information content (AvgIpc) is 2.85. The predicted molar refractivity (Wildman–Crippen MR) is 106 cm³/mol. The third-order valence-electron chi connectivity index (χ3n) is 5.67. The summed E-state index contributed by atoms with van der Waals surface area (Å²) in [4.78, 5) is 1.79. The minimum Gasteiger partial charge on any atom is -0.414 e. The van der Waals surface area contributed by atoms with Crippen molar-refractivity contribution < 1.29 is 22.3 Å². The number of ether oxygens (including phenoxy) is 1. The van der Waals surface area contributed by atoms with Crippen LogP contribution in [0.15, 0.2) is 18.2 Å². The first kappa shape index (κ1) is 22.7. The number of anilines is 1. The summed E-state index contributed by atoms with van der Waals surface area (Å²) in [6, 6.07) is 5.40. The molecular weight excluding hydrogens is 385 g/mol. The summed E-state index contributed by atoms with van der Waals surface area (Å²) in [5, 5.41) is 9.06. The Kier molecular flexibility index (Phi) is 5.97. The second kappa shape index (κ2) is 7.36. The van der Waals surface area contributed by atoms with E-state index in [1.54, 1.807) is 11.0 Å². The second-order valence-electron chi connectivity index (χ2n) is 9.21. The van der Waals surface area contributed by atoms with Gasteiger partial charge in [0.25, 0.3) is 0 Å². The van der Waals surface area contributed by atoms with Crippen LogP contribution in [0.2, 0.25) is 18.1 Å². The van der Waals surface area contributed by atoms with Crippen LogP contribution < -0.4 is 4.90 Å². The summed E-state index contributed by atoms with van der Waals surface area (Å²) < 4.78 is 52.3. The summed E-state index contributed by atoms with van der Waals surface area (Å²) >= 11 is 0. The fourth-order valence-electron chi connectivity index (χ4n) is 2.99. The van der Waals surface area contributed by atoms with Gasteiger partial charge in [-0.1, -0.05) is 20.8 Å². The Morgan fingerprint density at radius 1 is 1.29 bits per heavy atom. The Balaban J connectivity index is 2.23. The summed E-state index contributed by atoms with van der Waals surface area (Å²) in [7, 11) is -1.95. The average molecular weight is 415 g/mol. The van der Waals surface area contributed by atoms with E-state index in [2.05, 4.69) is 33.9 Å². The van der Waals surface area contributed by atoms with Gasteiger partial charge in [-0.05, 0) is 50.2 Å². The maximum atomic E-state index is 13.3. The zero-order chi connectivity index (χ0) is 21.5. The lowest BCUT2D eigenvalue weighted by Crippen LogP contribution is -2.43. The van der Waals surface area contributed by atoms with Gasteiger partial charge in [-0.15, -0.1) is 0 Å². The molecule has 1 aromatic rings. The van der Waals surface area contributed by atoms with Crippen LogP contribution in [-0.4, -0.2) is 33.3 Å². The third kappa shape index (κ3) is 4.70. The van der Waals surface area contributed by atoms with Crippen LogP contribution in [-0.2, 0) is 15.3 Å². The molecule has 0 bridgehead atoms. The van der Waals surface area contributed by atoms with E-state index in [1.807, 2.05) is 13.8 Å². The number of hydrogen-bond donors (Lipinski definition) is 0. The molecule has 1 aromatic carbocycles. The fourth-order valence-corrected chi connectivity index (χ4v) is 4.02. The van der Waals surface area contributed by atoms with E-state index in [4.69, 9.17) is 14.4 Å². The normalized spacial score (nSPS) is 20.3. The molecule has 0 aromatic heterocycles. The van der Waals surface area contributed by atoms with Crippen molar-refractivity contribution in [2.45, 2.75) is 70.8 Å². The van der Waals surface area contributed by atoms with E-state index < -0.39 is 25.8 Å². The predicted octanol–water partition coefficient (Wildman–Crippen LogP) is 5.54. The van der Waals surface area contributed by atoms with Crippen molar-refractivity contribution in [1.82, 2.24) is 0 Å². The molecule has 0 amide bonds. The van der Waals surface area contributed by atoms with Crippen LogP contribution in [0.25, 0.3) is 0 Å². The second-order valence-corrected chi connectivity index (χ2v) is 14.0. The van der Waals surface area contributed by atoms with E-state index >= 15 is 0 Å².